The molecular weight excluding hydrogens is 615 g/mol. The molecule has 3 heterocycles. The molecule has 0 unspecified atom stereocenters. The second-order valence-corrected chi connectivity index (χ2v) is 12.7. The van der Waals surface area contributed by atoms with Gasteiger partial charge in [-0.15, -0.1) is 11.3 Å². The zero-order valence-electron chi connectivity index (χ0n) is 22.9. The lowest BCUT2D eigenvalue weighted by Crippen LogP contribution is -2.50. The summed E-state index contributed by atoms with van der Waals surface area (Å²) in [6.45, 7) is -2.27. The van der Waals surface area contributed by atoms with E-state index in [1.54, 1.807) is 29.6 Å². The molecule has 1 fully saturated rings. The Labute approximate surface area is 254 Å². The number of esters is 1. The quantitative estimate of drug-likeness (QED) is 0.179. The number of hydrogen-bond donors (Lipinski definition) is 0. The number of nitriles is 1. The lowest BCUT2D eigenvalue weighted by molar-refractivity contribution is -0.146. The molecule has 0 saturated carbocycles. The number of fused-ring (bicyclic) bond motifs is 1. The number of hydrogen-bond acceptors (Lipinski definition) is 8. The third-order valence-electron chi connectivity index (χ3n) is 7.41. The maximum atomic E-state index is 14.8. The van der Waals surface area contributed by atoms with Gasteiger partial charge >= 0.3 is 12.6 Å². The van der Waals surface area contributed by atoms with E-state index in [2.05, 4.69) is 10.8 Å². The first-order valence-corrected chi connectivity index (χ1v) is 15.5. The van der Waals surface area contributed by atoms with Crippen molar-refractivity contribution in [3.05, 3.63) is 88.9 Å². The van der Waals surface area contributed by atoms with Crippen LogP contribution in [0, 0.1) is 23.1 Å². The van der Waals surface area contributed by atoms with Crippen LogP contribution in [-0.4, -0.2) is 45.2 Å². The highest BCUT2D eigenvalue weighted by Gasteiger charge is 2.35. The molecule has 6 rings (SSSR count). The molecule has 0 amide bonds. The Morgan fingerprint density at radius 2 is 1.82 bits per heavy atom. The van der Waals surface area contributed by atoms with Crippen LogP contribution in [0.3, 0.4) is 0 Å². The summed E-state index contributed by atoms with van der Waals surface area (Å²) in [6.07, 6.45) is 0. The van der Waals surface area contributed by atoms with Crippen LogP contribution in [0.25, 0.3) is 33.3 Å². The topological polar surface area (TPSA) is 102 Å². The van der Waals surface area contributed by atoms with Gasteiger partial charge in [0.15, 0.2) is 0 Å². The second-order valence-electron chi connectivity index (χ2n) is 9.96. The van der Waals surface area contributed by atoms with Gasteiger partial charge in [-0.05, 0) is 66.0 Å². The summed E-state index contributed by atoms with van der Waals surface area (Å²) in [6, 6.07) is 19.1. The van der Waals surface area contributed by atoms with Gasteiger partial charge in [0.2, 0.25) is 0 Å². The third kappa shape index (κ3) is 5.06. The molecule has 2 aromatic heterocycles. The van der Waals surface area contributed by atoms with E-state index in [4.69, 9.17) is 4.74 Å². The number of thiophene rings is 1. The van der Waals surface area contributed by atoms with Gasteiger partial charge in [-0.2, -0.15) is 14.0 Å². The summed E-state index contributed by atoms with van der Waals surface area (Å²) in [5, 5.41) is 11.8. The monoisotopic (exact) mass is 637 g/mol. The summed E-state index contributed by atoms with van der Waals surface area (Å²) in [5.74, 6) is -1.44. The minimum Gasteiger partial charge on any atom is -0.469 e. The van der Waals surface area contributed by atoms with E-state index in [0.29, 0.717) is 40.3 Å². The zero-order valence-corrected chi connectivity index (χ0v) is 24.5. The van der Waals surface area contributed by atoms with Gasteiger partial charge in [-0.25, -0.2) is 16.8 Å². The van der Waals surface area contributed by atoms with Crippen molar-refractivity contribution in [2.75, 3.05) is 25.1 Å². The Morgan fingerprint density at radius 1 is 1.07 bits per heavy atom. The number of halogens is 3. The van der Waals surface area contributed by atoms with Crippen molar-refractivity contribution in [3.63, 3.8) is 0 Å². The number of rotatable bonds is 8. The maximum absolute atomic E-state index is 14.8. The van der Waals surface area contributed by atoms with Crippen molar-refractivity contribution in [1.82, 2.24) is 3.97 Å². The smallest absolute Gasteiger partial charge is 0.387 e. The van der Waals surface area contributed by atoms with E-state index in [1.807, 2.05) is 11.0 Å². The van der Waals surface area contributed by atoms with E-state index in [1.165, 1.54) is 30.6 Å². The van der Waals surface area contributed by atoms with E-state index in [0.717, 1.165) is 34.3 Å². The molecular formula is C31H22F3N3O5S2. The van der Waals surface area contributed by atoms with Gasteiger partial charge < -0.3 is 14.4 Å². The molecule has 0 aliphatic carbocycles. The summed E-state index contributed by atoms with van der Waals surface area (Å²) in [5.41, 5.74) is 2.27. The Kier molecular flexibility index (Phi) is 7.56. The summed E-state index contributed by atoms with van der Waals surface area (Å²) in [4.78, 5) is 14.0. The fourth-order valence-electron chi connectivity index (χ4n) is 5.37. The fraction of sp³-hybridized carbons (Fsp3) is 0.161. The van der Waals surface area contributed by atoms with Crippen LogP contribution in [0.15, 0.2) is 83.1 Å². The summed E-state index contributed by atoms with van der Waals surface area (Å²) < 4.78 is 79.3. The molecule has 0 atom stereocenters. The lowest BCUT2D eigenvalue weighted by atomic mass is 9.96. The van der Waals surface area contributed by atoms with Crippen LogP contribution in [0.4, 0.5) is 18.9 Å². The van der Waals surface area contributed by atoms with Gasteiger partial charge in [-0.1, -0.05) is 12.1 Å². The van der Waals surface area contributed by atoms with E-state index < -0.39 is 22.5 Å². The second kappa shape index (κ2) is 11.4. The predicted octanol–water partition coefficient (Wildman–Crippen LogP) is 6.50. The molecule has 0 spiro atoms. The number of ether oxygens (including phenoxy) is 2. The van der Waals surface area contributed by atoms with Crippen LogP contribution in [0.2, 0.25) is 0 Å². The molecule has 8 nitrogen and oxygen atoms in total. The molecule has 1 aliphatic heterocycles. The van der Waals surface area contributed by atoms with Crippen LogP contribution in [0.1, 0.15) is 4.88 Å². The maximum Gasteiger partial charge on any atom is 0.387 e. The van der Waals surface area contributed by atoms with Gasteiger partial charge in [0.25, 0.3) is 10.0 Å². The summed E-state index contributed by atoms with van der Waals surface area (Å²) >= 11 is 1.17. The average Bonchev–Trinajstić information content (AvgIpc) is 3.58. The first-order valence-electron chi connectivity index (χ1n) is 13.2. The molecule has 5 aromatic rings. The first kappa shape index (κ1) is 29.3. The van der Waals surface area contributed by atoms with Gasteiger partial charge in [0.05, 0.1) is 29.1 Å². The highest BCUT2D eigenvalue weighted by Crippen LogP contribution is 2.46. The zero-order chi connectivity index (χ0) is 31.2. The molecule has 44 heavy (non-hydrogen) atoms. The van der Waals surface area contributed by atoms with Crippen molar-refractivity contribution in [1.29, 1.82) is 5.26 Å². The highest BCUT2D eigenvalue weighted by molar-refractivity contribution is 7.90. The highest BCUT2D eigenvalue weighted by atomic mass is 32.2. The van der Waals surface area contributed by atoms with Crippen LogP contribution < -0.4 is 9.64 Å². The van der Waals surface area contributed by atoms with E-state index >= 15 is 0 Å². The summed E-state index contributed by atoms with van der Waals surface area (Å²) in [7, 11) is -3.12. The number of carbonyl (C=O) groups excluding carboxylic acids is 1. The lowest BCUT2D eigenvalue weighted by Gasteiger charge is -2.39. The molecule has 0 radical (unpaired) electrons. The normalized spacial score (nSPS) is 13.6. The Balaban J connectivity index is 1.60. The number of carbonyl (C=O) groups is 1. The molecule has 3 aromatic carbocycles. The van der Waals surface area contributed by atoms with E-state index in [9.17, 15) is 31.6 Å². The van der Waals surface area contributed by atoms with Crippen LogP contribution in [0.5, 0.6) is 5.75 Å². The number of alkyl halides is 2. The molecule has 13 heteroatoms. The standard InChI is InChI=1S/C31H22F3N3O5S2/c1-41-30(38)19-16-36(17-19)21-4-2-3-18(13-21)29-28(24-11-12-43-27(24)15-35)25-14-20(32)5-10-26(25)37(29)44(39,40)23-8-6-22(7-9-23)42-31(33)34/h2-14,19,31H,16-17H2,1H3. The Bertz CT molecular complexity index is 2040. The first-order chi connectivity index (χ1) is 21.1. The molecule has 0 N–H and O–H groups in total. The Morgan fingerprint density at radius 3 is 2.50 bits per heavy atom. The molecule has 0 bridgehead atoms. The largest absolute Gasteiger partial charge is 0.469 e. The van der Waals surface area contributed by atoms with Crippen molar-refractivity contribution >= 4 is 43.9 Å². The number of nitrogens with zero attached hydrogens (tertiary/aromatic N) is 3. The van der Waals surface area contributed by atoms with Gasteiger partial charge in [0.1, 0.15) is 22.5 Å². The minimum atomic E-state index is -4.44. The van der Waals surface area contributed by atoms with Crippen molar-refractivity contribution in [2.45, 2.75) is 11.5 Å². The van der Waals surface area contributed by atoms with Crippen molar-refractivity contribution < 1.29 is 35.9 Å². The van der Waals surface area contributed by atoms with Crippen LogP contribution >= 0.6 is 11.3 Å². The van der Waals surface area contributed by atoms with Crippen molar-refractivity contribution in [3.8, 4) is 34.2 Å². The number of benzene rings is 3. The van der Waals surface area contributed by atoms with Crippen molar-refractivity contribution in [2.24, 2.45) is 5.92 Å². The average molecular weight is 638 g/mol. The minimum absolute atomic E-state index is 0.152. The molecule has 1 aliphatic rings. The molecule has 224 valence electrons. The van der Waals surface area contributed by atoms with Crippen LogP contribution in [-0.2, 0) is 19.6 Å². The predicted molar refractivity (Wildman–Crippen MR) is 159 cm³/mol. The Hall–Kier alpha value is -4.80. The molecule has 1 saturated heterocycles. The fourth-order valence-corrected chi connectivity index (χ4v) is 7.60. The van der Waals surface area contributed by atoms with Gasteiger partial charge in [0, 0.05) is 40.9 Å². The van der Waals surface area contributed by atoms with E-state index in [-0.39, 0.29) is 39.1 Å². The van der Waals surface area contributed by atoms with Gasteiger partial charge in [-0.3, -0.25) is 4.79 Å². The number of anilines is 1. The SMILES string of the molecule is COC(=O)C1CN(c2cccc(-c3c(-c4ccsc4C#N)c4cc(F)ccc4n3S(=O)(=O)c3ccc(OC(F)F)cc3)c2)C1. The number of aromatic nitrogens is 1. The third-order valence-corrected chi connectivity index (χ3v) is 9.96. The number of methoxy groups -OCH3 is 1.